The molecular formula is C20H19N5O. The molecule has 0 saturated heterocycles. The summed E-state index contributed by atoms with van der Waals surface area (Å²) in [6.07, 6.45) is 5.04. The molecule has 3 aromatic heterocycles. The first kappa shape index (κ1) is 15.0. The number of furan rings is 1. The smallest absolute Gasteiger partial charge is 0.217 e. The van der Waals surface area contributed by atoms with E-state index in [4.69, 9.17) is 10.2 Å². The van der Waals surface area contributed by atoms with Crippen LogP contribution in [0.3, 0.4) is 0 Å². The van der Waals surface area contributed by atoms with Gasteiger partial charge in [-0.05, 0) is 42.5 Å². The van der Waals surface area contributed by atoms with Gasteiger partial charge in [-0.1, -0.05) is 24.3 Å². The van der Waals surface area contributed by atoms with E-state index in [1.807, 2.05) is 24.3 Å². The highest BCUT2D eigenvalue weighted by atomic mass is 16.3. The highest BCUT2D eigenvalue weighted by molar-refractivity contribution is 5.64. The molecule has 26 heavy (non-hydrogen) atoms. The molecule has 5 rings (SSSR count). The lowest BCUT2D eigenvalue weighted by molar-refractivity contribution is 0.577. The van der Waals surface area contributed by atoms with Gasteiger partial charge >= 0.3 is 0 Å². The van der Waals surface area contributed by atoms with Gasteiger partial charge < -0.3 is 15.5 Å². The van der Waals surface area contributed by atoms with Crippen LogP contribution in [-0.4, -0.2) is 14.6 Å². The third-order valence-electron chi connectivity index (χ3n) is 4.92. The maximum atomic E-state index is 6.21. The predicted octanol–water partition coefficient (Wildman–Crippen LogP) is 4.06. The zero-order valence-electron chi connectivity index (χ0n) is 14.2. The molecule has 1 aliphatic rings. The third-order valence-corrected chi connectivity index (χ3v) is 4.92. The molecule has 0 radical (unpaired) electrons. The Hall–Kier alpha value is -3.28. The van der Waals surface area contributed by atoms with E-state index in [0.717, 1.165) is 18.5 Å². The van der Waals surface area contributed by atoms with E-state index in [-0.39, 0.29) is 6.04 Å². The van der Waals surface area contributed by atoms with Gasteiger partial charge in [0.2, 0.25) is 5.82 Å². The number of benzene rings is 1. The first-order valence-corrected chi connectivity index (χ1v) is 8.82. The van der Waals surface area contributed by atoms with Crippen LogP contribution in [0.25, 0.3) is 17.2 Å². The van der Waals surface area contributed by atoms with E-state index >= 15 is 0 Å². The Morgan fingerprint density at radius 1 is 1.15 bits per heavy atom. The van der Waals surface area contributed by atoms with E-state index in [2.05, 4.69) is 39.7 Å². The SMILES string of the molecule is Nc1cc(NC2CCCc3ccccc32)cc2nc(-c3ccco3)nn12. The fourth-order valence-electron chi connectivity index (χ4n) is 3.71. The fraction of sp³-hybridized carbons (Fsp3) is 0.200. The Balaban J connectivity index is 1.50. The lowest BCUT2D eigenvalue weighted by Crippen LogP contribution is -2.17. The first-order valence-electron chi connectivity index (χ1n) is 8.82. The number of aryl methyl sites for hydroxylation is 1. The first-order chi connectivity index (χ1) is 12.8. The van der Waals surface area contributed by atoms with Gasteiger partial charge in [0.25, 0.3) is 0 Å². The van der Waals surface area contributed by atoms with Crippen molar-refractivity contribution < 1.29 is 4.42 Å². The molecule has 0 aliphatic heterocycles. The Bertz CT molecular complexity index is 1070. The lowest BCUT2D eigenvalue weighted by atomic mass is 9.87. The van der Waals surface area contributed by atoms with Crippen LogP contribution in [0.2, 0.25) is 0 Å². The van der Waals surface area contributed by atoms with Gasteiger partial charge in [-0.3, -0.25) is 0 Å². The van der Waals surface area contributed by atoms with Gasteiger partial charge in [-0.2, -0.15) is 4.52 Å². The second kappa shape index (κ2) is 5.91. The molecule has 1 unspecified atom stereocenters. The minimum absolute atomic E-state index is 0.286. The number of hydrogen-bond acceptors (Lipinski definition) is 5. The van der Waals surface area contributed by atoms with Crippen LogP contribution in [0.1, 0.15) is 30.0 Å². The number of nitrogens with zero attached hydrogens (tertiary/aromatic N) is 3. The van der Waals surface area contributed by atoms with Crippen molar-refractivity contribution in [2.45, 2.75) is 25.3 Å². The summed E-state index contributed by atoms with van der Waals surface area (Å²) in [5, 5.41) is 8.07. The van der Waals surface area contributed by atoms with Crippen LogP contribution in [0.5, 0.6) is 0 Å². The van der Waals surface area contributed by atoms with Crippen molar-refractivity contribution in [2.75, 3.05) is 11.1 Å². The van der Waals surface area contributed by atoms with Crippen molar-refractivity contribution in [3.63, 3.8) is 0 Å². The van der Waals surface area contributed by atoms with Crippen LogP contribution >= 0.6 is 0 Å². The zero-order chi connectivity index (χ0) is 17.5. The monoisotopic (exact) mass is 345 g/mol. The van der Waals surface area contributed by atoms with Gasteiger partial charge in [-0.15, -0.1) is 5.10 Å². The molecule has 0 spiro atoms. The molecule has 3 heterocycles. The largest absolute Gasteiger partial charge is 0.461 e. The number of fused-ring (bicyclic) bond motifs is 2. The summed E-state index contributed by atoms with van der Waals surface area (Å²) in [6, 6.07) is 16.5. The molecule has 0 amide bonds. The van der Waals surface area contributed by atoms with Crippen LogP contribution in [0.15, 0.2) is 59.2 Å². The van der Waals surface area contributed by atoms with E-state index in [0.29, 0.717) is 23.0 Å². The molecular weight excluding hydrogens is 326 g/mol. The Kier molecular flexibility index (Phi) is 3.41. The number of nitrogen functional groups attached to an aromatic ring is 1. The molecule has 0 bridgehead atoms. The Morgan fingerprint density at radius 3 is 2.96 bits per heavy atom. The molecule has 0 saturated carbocycles. The fourth-order valence-corrected chi connectivity index (χ4v) is 3.71. The van der Waals surface area contributed by atoms with Gasteiger partial charge in [0.05, 0.1) is 12.3 Å². The maximum Gasteiger partial charge on any atom is 0.217 e. The van der Waals surface area contributed by atoms with E-state index in [1.165, 1.54) is 17.5 Å². The quantitative estimate of drug-likeness (QED) is 0.585. The molecule has 6 nitrogen and oxygen atoms in total. The van der Waals surface area contributed by atoms with Crippen LogP contribution in [0, 0.1) is 0 Å². The van der Waals surface area contributed by atoms with Crippen molar-refractivity contribution >= 4 is 17.2 Å². The normalized spacial score (nSPS) is 16.5. The summed E-state index contributed by atoms with van der Waals surface area (Å²) in [6.45, 7) is 0. The molecule has 1 atom stereocenters. The van der Waals surface area contributed by atoms with Crippen molar-refractivity contribution in [2.24, 2.45) is 0 Å². The zero-order valence-corrected chi connectivity index (χ0v) is 14.2. The minimum Gasteiger partial charge on any atom is -0.461 e. The average molecular weight is 345 g/mol. The van der Waals surface area contributed by atoms with Crippen LogP contribution in [-0.2, 0) is 6.42 Å². The summed E-state index contributed by atoms with van der Waals surface area (Å²) in [4.78, 5) is 4.55. The second-order valence-corrected chi connectivity index (χ2v) is 6.64. The number of aromatic nitrogens is 3. The lowest BCUT2D eigenvalue weighted by Gasteiger charge is -2.27. The van der Waals surface area contributed by atoms with E-state index in [9.17, 15) is 0 Å². The predicted molar refractivity (Wildman–Crippen MR) is 101 cm³/mol. The number of anilines is 2. The van der Waals surface area contributed by atoms with Crippen molar-refractivity contribution in [1.82, 2.24) is 14.6 Å². The third kappa shape index (κ3) is 2.50. The summed E-state index contributed by atoms with van der Waals surface area (Å²) in [5.74, 6) is 1.70. The van der Waals surface area contributed by atoms with Gasteiger partial charge in [-0.25, -0.2) is 4.98 Å². The molecule has 3 N–H and O–H groups in total. The maximum absolute atomic E-state index is 6.21. The van der Waals surface area contributed by atoms with Gasteiger partial charge in [0.15, 0.2) is 11.4 Å². The highest BCUT2D eigenvalue weighted by Crippen LogP contribution is 2.33. The van der Waals surface area contributed by atoms with Crippen molar-refractivity contribution in [1.29, 1.82) is 0 Å². The van der Waals surface area contributed by atoms with E-state index < -0.39 is 0 Å². The van der Waals surface area contributed by atoms with Crippen molar-refractivity contribution in [3.8, 4) is 11.6 Å². The standard InChI is InChI=1S/C20H19N5O/c21-18-11-14(22-16-8-3-6-13-5-1-2-7-15(13)16)12-19-23-20(24-25(18)19)17-9-4-10-26-17/h1-2,4-5,7,9-12,16,22H,3,6,8,21H2. The summed E-state index contributed by atoms with van der Waals surface area (Å²) < 4.78 is 7.02. The number of hydrogen-bond donors (Lipinski definition) is 2. The van der Waals surface area contributed by atoms with Crippen LogP contribution in [0.4, 0.5) is 11.5 Å². The van der Waals surface area contributed by atoms with Gasteiger partial charge in [0.1, 0.15) is 5.82 Å². The number of pyridine rings is 1. The number of nitrogens with two attached hydrogens (primary N) is 1. The Morgan fingerprint density at radius 2 is 2.08 bits per heavy atom. The number of nitrogens with one attached hydrogen (secondary N) is 1. The number of rotatable bonds is 3. The average Bonchev–Trinajstić information content (AvgIpc) is 3.32. The summed E-state index contributed by atoms with van der Waals surface area (Å²) in [5.41, 5.74) is 10.7. The van der Waals surface area contributed by atoms with Gasteiger partial charge in [0, 0.05) is 17.8 Å². The van der Waals surface area contributed by atoms with E-state index in [1.54, 1.807) is 10.8 Å². The molecule has 130 valence electrons. The molecule has 1 aromatic carbocycles. The second-order valence-electron chi connectivity index (χ2n) is 6.64. The Labute approximate surface area is 150 Å². The summed E-state index contributed by atoms with van der Waals surface area (Å²) in [7, 11) is 0. The topological polar surface area (TPSA) is 81.4 Å². The highest BCUT2D eigenvalue weighted by Gasteiger charge is 2.20. The molecule has 6 heteroatoms. The van der Waals surface area contributed by atoms with Crippen molar-refractivity contribution in [3.05, 3.63) is 65.9 Å². The molecule has 4 aromatic rings. The summed E-state index contributed by atoms with van der Waals surface area (Å²) >= 11 is 0. The van der Waals surface area contributed by atoms with Crippen LogP contribution < -0.4 is 11.1 Å². The molecule has 1 aliphatic carbocycles. The molecule has 0 fully saturated rings. The minimum atomic E-state index is 0.286.